The van der Waals surface area contributed by atoms with Crippen LogP contribution in [0.3, 0.4) is 0 Å². The molecule has 0 saturated carbocycles. The predicted molar refractivity (Wildman–Crippen MR) is 103 cm³/mol. The van der Waals surface area contributed by atoms with E-state index in [2.05, 4.69) is 25.2 Å². The molecule has 0 radical (unpaired) electrons. The quantitative estimate of drug-likeness (QED) is 0.661. The Morgan fingerprint density at radius 3 is 2.44 bits per heavy atom. The monoisotopic (exact) mass is 339 g/mol. The average Bonchev–Trinajstić information content (AvgIpc) is 2.65. The minimum atomic E-state index is -0.137. The highest BCUT2D eigenvalue weighted by molar-refractivity contribution is 5.86. The summed E-state index contributed by atoms with van der Waals surface area (Å²) in [4.78, 5) is 12.7. The summed E-state index contributed by atoms with van der Waals surface area (Å²) >= 11 is 0. The minimum Gasteiger partial charge on any atom is -0.457 e. The Balaban J connectivity index is 2.10. The number of Topliss-reactive ketones (excluding diaryl/α,β-unsaturated/α-hetero) is 1. The maximum atomic E-state index is 12.7. The van der Waals surface area contributed by atoms with Crippen LogP contribution in [-0.2, 0) is 11.2 Å². The number of carbonyl (C=O) groups excluding carboxylic acids is 1. The van der Waals surface area contributed by atoms with Gasteiger partial charge in [-0.3, -0.25) is 4.79 Å². The molecule has 1 N–H and O–H groups in total. The van der Waals surface area contributed by atoms with Gasteiger partial charge in [0.2, 0.25) is 0 Å². The SMILES string of the molecule is CCCNC(Cc1cccc(Oc2ccccc2)c1)C(=O)C(C)CC. The zero-order valence-corrected chi connectivity index (χ0v) is 15.5. The van der Waals surface area contributed by atoms with Gasteiger partial charge >= 0.3 is 0 Å². The number of ketones is 1. The molecule has 3 heteroatoms. The number of ether oxygens (including phenoxy) is 1. The number of para-hydroxylation sites is 1. The number of benzene rings is 2. The van der Waals surface area contributed by atoms with Gasteiger partial charge in [0.1, 0.15) is 11.5 Å². The summed E-state index contributed by atoms with van der Waals surface area (Å²) in [6.07, 6.45) is 2.58. The fourth-order valence-electron chi connectivity index (χ4n) is 2.73. The molecule has 2 aromatic rings. The molecule has 0 aromatic heterocycles. The van der Waals surface area contributed by atoms with E-state index in [1.165, 1.54) is 0 Å². The van der Waals surface area contributed by atoms with Crippen LogP contribution in [0.2, 0.25) is 0 Å². The number of hydrogen-bond donors (Lipinski definition) is 1. The molecule has 2 atom stereocenters. The van der Waals surface area contributed by atoms with Gasteiger partial charge in [0.05, 0.1) is 6.04 Å². The first-order chi connectivity index (χ1) is 12.1. The molecule has 0 aliphatic rings. The van der Waals surface area contributed by atoms with Crippen molar-refractivity contribution >= 4 is 5.78 Å². The van der Waals surface area contributed by atoms with Crippen molar-refractivity contribution in [3.8, 4) is 11.5 Å². The van der Waals surface area contributed by atoms with Crippen LogP contribution in [0.25, 0.3) is 0 Å². The third-order valence-electron chi connectivity index (χ3n) is 4.40. The second-order valence-corrected chi connectivity index (χ2v) is 6.49. The third kappa shape index (κ3) is 6.02. The Hall–Kier alpha value is -2.13. The van der Waals surface area contributed by atoms with E-state index < -0.39 is 0 Å². The van der Waals surface area contributed by atoms with E-state index in [0.29, 0.717) is 12.2 Å². The van der Waals surface area contributed by atoms with E-state index in [9.17, 15) is 4.79 Å². The molecule has 0 heterocycles. The largest absolute Gasteiger partial charge is 0.457 e. The first-order valence-corrected chi connectivity index (χ1v) is 9.23. The molecule has 0 saturated heterocycles. The van der Waals surface area contributed by atoms with E-state index in [1.54, 1.807) is 0 Å². The third-order valence-corrected chi connectivity index (χ3v) is 4.40. The Bertz CT molecular complexity index is 654. The van der Waals surface area contributed by atoms with E-state index in [0.717, 1.165) is 36.4 Å². The van der Waals surface area contributed by atoms with Crippen LogP contribution in [0.5, 0.6) is 11.5 Å². The van der Waals surface area contributed by atoms with Crippen molar-refractivity contribution in [2.24, 2.45) is 5.92 Å². The molecule has 2 unspecified atom stereocenters. The highest BCUT2D eigenvalue weighted by atomic mass is 16.5. The topological polar surface area (TPSA) is 38.3 Å². The zero-order valence-electron chi connectivity index (χ0n) is 15.5. The second-order valence-electron chi connectivity index (χ2n) is 6.49. The smallest absolute Gasteiger partial charge is 0.152 e. The van der Waals surface area contributed by atoms with Gasteiger partial charge in [-0.25, -0.2) is 0 Å². The number of carbonyl (C=O) groups is 1. The summed E-state index contributed by atoms with van der Waals surface area (Å²) in [7, 11) is 0. The number of hydrogen-bond acceptors (Lipinski definition) is 3. The second kappa shape index (κ2) is 10.00. The zero-order chi connectivity index (χ0) is 18.1. The van der Waals surface area contributed by atoms with Gasteiger partial charge < -0.3 is 10.1 Å². The molecule has 0 amide bonds. The molecule has 0 bridgehead atoms. The highest BCUT2D eigenvalue weighted by Crippen LogP contribution is 2.22. The van der Waals surface area contributed by atoms with Crippen LogP contribution in [0, 0.1) is 5.92 Å². The molecule has 0 aliphatic carbocycles. The van der Waals surface area contributed by atoms with Crippen LogP contribution >= 0.6 is 0 Å². The van der Waals surface area contributed by atoms with Gasteiger partial charge in [-0.1, -0.05) is 51.1 Å². The lowest BCUT2D eigenvalue weighted by Gasteiger charge is -2.21. The van der Waals surface area contributed by atoms with E-state index in [-0.39, 0.29) is 12.0 Å². The summed E-state index contributed by atoms with van der Waals surface area (Å²) < 4.78 is 5.91. The van der Waals surface area contributed by atoms with Crippen LogP contribution < -0.4 is 10.1 Å². The summed E-state index contributed by atoms with van der Waals surface area (Å²) in [5.74, 6) is 1.99. The van der Waals surface area contributed by atoms with Gasteiger partial charge in [0.25, 0.3) is 0 Å². The summed E-state index contributed by atoms with van der Waals surface area (Å²) in [5, 5.41) is 3.41. The normalized spacial score (nSPS) is 13.2. The van der Waals surface area contributed by atoms with Crippen molar-refractivity contribution in [2.45, 2.75) is 46.1 Å². The van der Waals surface area contributed by atoms with E-state index in [1.807, 2.05) is 55.5 Å². The molecule has 3 nitrogen and oxygen atoms in total. The number of rotatable bonds is 10. The van der Waals surface area contributed by atoms with Crippen LogP contribution in [0.1, 0.15) is 39.2 Å². The first-order valence-electron chi connectivity index (χ1n) is 9.23. The molecular formula is C22H29NO2. The number of nitrogens with one attached hydrogen (secondary N) is 1. The lowest BCUT2D eigenvalue weighted by atomic mass is 9.93. The Labute approximate surface area is 151 Å². The molecule has 2 rings (SSSR count). The lowest BCUT2D eigenvalue weighted by Crippen LogP contribution is -2.41. The average molecular weight is 339 g/mol. The maximum Gasteiger partial charge on any atom is 0.152 e. The molecular weight excluding hydrogens is 310 g/mol. The minimum absolute atomic E-state index is 0.0816. The van der Waals surface area contributed by atoms with Gasteiger partial charge in [-0.05, 0) is 55.6 Å². The van der Waals surface area contributed by atoms with Crippen molar-refractivity contribution in [1.29, 1.82) is 0 Å². The summed E-state index contributed by atoms with van der Waals surface area (Å²) in [6, 6.07) is 17.6. The van der Waals surface area contributed by atoms with E-state index in [4.69, 9.17) is 4.74 Å². The van der Waals surface area contributed by atoms with Crippen molar-refractivity contribution in [3.05, 3.63) is 60.2 Å². The van der Waals surface area contributed by atoms with Crippen molar-refractivity contribution in [3.63, 3.8) is 0 Å². The van der Waals surface area contributed by atoms with E-state index >= 15 is 0 Å². The van der Waals surface area contributed by atoms with Crippen LogP contribution in [-0.4, -0.2) is 18.4 Å². The lowest BCUT2D eigenvalue weighted by molar-refractivity contribution is -0.124. The summed E-state index contributed by atoms with van der Waals surface area (Å²) in [5.41, 5.74) is 1.11. The Morgan fingerprint density at radius 1 is 1.04 bits per heavy atom. The molecule has 0 aliphatic heterocycles. The molecule has 2 aromatic carbocycles. The van der Waals surface area contributed by atoms with Crippen LogP contribution in [0.15, 0.2) is 54.6 Å². The fraction of sp³-hybridized carbons (Fsp3) is 0.409. The highest BCUT2D eigenvalue weighted by Gasteiger charge is 2.22. The molecule has 0 fully saturated rings. The van der Waals surface area contributed by atoms with Crippen molar-refractivity contribution in [2.75, 3.05) is 6.54 Å². The molecule has 25 heavy (non-hydrogen) atoms. The van der Waals surface area contributed by atoms with Crippen molar-refractivity contribution < 1.29 is 9.53 Å². The van der Waals surface area contributed by atoms with Gasteiger partial charge in [-0.15, -0.1) is 0 Å². The summed E-state index contributed by atoms with van der Waals surface area (Å²) in [6.45, 7) is 7.05. The Kier molecular flexibility index (Phi) is 7.68. The predicted octanol–water partition coefficient (Wildman–Crippen LogP) is 5.00. The van der Waals surface area contributed by atoms with Gasteiger partial charge in [0.15, 0.2) is 5.78 Å². The van der Waals surface area contributed by atoms with Crippen molar-refractivity contribution in [1.82, 2.24) is 5.32 Å². The fourth-order valence-corrected chi connectivity index (χ4v) is 2.73. The van der Waals surface area contributed by atoms with Crippen LogP contribution in [0.4, 0.5) is 0 Å². The first kappa shape index (κ1) is 19.2. The molecule has 134 valence electrons. The van der Waals surface area contributed by atoms with Gasteiger partial charge in [0, 0.05) is 5.92 Å². The molecule has 0 spiro atoms. The maximum absolute atomic E-state index is 12.7. The Morgan fingerprint density at radius 2 is 1.76 bits per heavy atom. The standard InChI is InChI=1S/C22H29NO2/c1-4-14-23-21(22(24)17(3)5-2)16-18-10-9-13-20(15-18)25-19-11-7-6-8-12-19/h6-13,15,17,21,23H,4-5,14,16H2,1-3H3. The van der Waals surface area contributed by atoms with Gasteiger partial charge in [-0.2, -0.15) is 0 Å².